The Bertz CT molecular complexity index is 450. The predicted molar refractivity (Wildman–Crippen MR) is 87.0 cm³/mol. The second kappa shape index (κ2) is 8.35. The molecule has 1 heterocycles. The Kier molecular flexibility index (Phi) is 6.77. The van der Waals surface area contributed by atoms with Crippen LogP contribution in [0.25, 0.3) is 0 Å². The third-order valence-corrected chi connectivity index (χ3v) is 4.62. The first-order chi connectivity index (χ1) is 10.1. The second-order valence-electron chi connectivity index (χ2n) is 5.79. The summed E-state index contributed by atoms with van der Waals surface area (Å²) < 4.78 is 5.53. The normalized spacial score (nSPS) is 21.4. The molecule has 1 aromatic rings. The van der Waals surface area contributed by atoms with E-state index < -0.39 is 0 Å². The van der Waals surface area contributed by atoms with Gasteiger partial charge in [0.05, 0.1) is 6.61 Å². The van der Waals surface area contributed by atoms with Crippen molar-refractivity contribution in [2.75, 3.05) is 26.4 Å². The minimum atomic E-state index is 0.139. The van der Waals surface area contributed by atoms with E-state index in [1.54, 1.807) is 0 Å². The topological polar surface area (TPSA) is 41.5 Å². The number of ether oxygens (including phenoxy) is 1. The molecule has 2 rings (SSSR count). The summed E-state index contributed by atoms with van der Waals surface area (Å²) in [4.78, 5) is 0. The van der Waals surface area contributed by atoms with Crippen molar-refractivity contribution >= 4 is 23.2 Å². The van der Waals surface area contributed by atoms with Gasteiger partial charge in [-0.15, -0.1) is 0 Å². The van der Waals surface area contributed by atoms with Crippen molar-refractivity contribution in [1.82, 2.24) is 5.32 Å². The van der Waals surface area contributed by atoms with E-state index in [1.165, 1.54) is 0 Å². The molecule has 1 aliphatic rings. The molecule has 0 aromatic heterocycles. The number of halogens is 2. The number of benzene rings is 1. The fraction of sp³-hybridized carbons (Fsp3) is 0.625. The Morgan fingerprint density at radius 1 is 1.43 bits per heavy atom. The van der Waals surface area contributed by atoms with Crippen LogP contribution in [0.2, 0.25) is 10.0 Å². The second-order valence-corrected chi connectivity index (χ2v) is 6.64. The van der Waals surface area contributed by atoms with Gasteiger partial charge in [0.15, 0.2) is 0 Å². The lowest BCUT2D eigenvalue weighted by Gasteiger charge is -2.27. The van der Waals surface area contributed by atoms with Crippen LogP contribution < -0.4 is 5.32 Å². The summed E-state index contributed by atoms with van der Waals surface area (Å²) in [6.07, 6.45) is 1.82. The van der Waals surface area contributed by atoms with Crippen LogP contribution in [0.1, 0.15) is 31.4 Å². The third-order valence-electron chi connectivity index (χ3n) is 4.04. The summed E-state index contributed by atoms with van der Waals surface area (Å²) in [5.41, 5.74) is 1.04. The van der Waals surface area contributed by atoms with Gasteiger partial charge in [0.2, 0.25) is 0 Å². The molecule has 0 aliphatic carbocycles. The Labute approximate surface area is 136 Å². The van der Waals surface area contributed by atoms with Crippen molar-refractivity contribution in [1.29, 1.82) is 0 Å². The Hall–Kier alpha value is -0.320. The molecule has 1 aromatic carbocycles. The maximum atomic E-state index is 9.02. The lowest BCUT2D eigenvalue weighted by molar-refractivity contribution is 0.175. The van der Waals surface area contributed by atoms with Crippen LogP contribution in [0.5, 0.6) is 0 Å². The summed E-state index contributed by atoms with van der Waals surface area (Å²) >= 11 is 12.5. The number of aliphatic hydroxyl groups excluding tert-OH is 1. The molecular weight excluding hydrogens is 309 g/mol. The van der Waals surface area contributed by atoms with Gasteiger partial charge in [-0.25, -0.2) is 0 Å². The molecule has 2 N–H and O–H groups in total. The largest absolute Gasteiger partial charge is 0.396 e. The van der Waals surface area contributed by atoms with Crippen molar-refractivity contribution < 1.29 is 9.84 Å². The summed E-state index contributed by atoms with van der Waals surface area (Å²) in [7, 11) is 0. The molecule has 21 heavy (non-hydrogen) atoms. The van der Waals surface area contributed by atoms with E-state index in [-0.39, 0.29) is 12.6 Å². The van der Waals surface area contributed by atoms with Crippen LogP contribution in [-0.4, -0.2) is 31.5 Å². The van der Waals surface area contributed by atoms with Gasteiger partial charge in [-0.3, -0.25) is 0 Å². The van der Waals surface area contributed by atoms with Crippen molar-refractivity contribution in [3.8, 4) is 0 Å². The number of nitrogens with one attached hydrogen (secondary N) is 1. The zero-order chi connectivity index (χ0) is 15.2. The molecule has 3 nitrogen and oxygen atoms in total. The average Bonchev–Trinajstić information content (AvgIpc) is 2.97. The lowest BCUT2D eigenvalue weighted by Crippen LogP contribution is -2.32. The number of rotatable bonds is 7. The third kappa shape index (κ3) is 4.83. The van der Waals surface area contributed by atoms with E-state index in [1.807, 2.05) is 18.2 Å². The Morgan fingerprint density at radius 3 is 2.90 bits per heavy atom. The number of aliphatic hydroxyl groups is 1. The van der Waals surface area contributed by atoms with E-state index in [4.69, 9.17) is 33.0 Å². The van der Waals surface area contributed by atoms with Crippen molar-refractivity contribution in [2.45, 2.75) is 25.8 Å². The molecular formula is C16H23Cl2NO2. The Morgan fingerprint density at radius 2 is 2.24 bits per heavy atom. The maximum absolute atomic E-state index is 9.02. The minimum absolute atomic E-state index is 0.139. The van der Waals surface area contributed by atoms with Crippen LogP contribution in [0.4, 0.5) is 0 Å². The van der Waals surface area contributed by atoms with Crippen LogP contribution in [-0.2, 0) is 4.74 Å². The highest BCUT2D eigenvalue weighted by atomic mass is 35.5. The van der Waals surface area contributed by atoms with Gasteiger partial charge in [0.1, 0.15) is 0 Å². The zero-order valence-corrected chi connectivity index (χ0v) is 13.8. The summed E-state index contributed by atoms with van der Waals surface area (Å²) in [6.45, 7) is 4.73. The van der Waals surface area contributed by atoms with Crippen LogP contribution in [0.3, 0.4) is 0 Å². The van der Waals surface area contributed by atoms with Crippen molar-refractivity contribution in [2.24, 2.45) is 11.8 Å². The molecule has 0 saturated carbocycles. The van der Waals surface area contributed by atoms with Gasteiger partial charge >= 0.3 is 0 Å². The van der Waals surface area contributed by atoms with Crippen LogP contribution in [0, 0.1) is 11.8 Å². The molecule has 1 aliphatic heterocycles. The van der Waals surface area contributed by atoms with E-state index in [2.05, 4.69) is 12.2 Å². The minimum Gasteiger partial charge on any atom is -0.396 e. The first kappa shape index (κ1) is 17.0. The monoisotopic (exact) mass is 331 g/mol. The average molecular weight is 332 g/mol. The molecule has 118 valence electrons. The smallest absolute Gasteiger partial charge is 0.0513 e. The quantitative estimate of drug-likeness (QED) is 0.800. The molecule has 3 atom stereocenters. The highest BCUT2D eigenvalue weighted by molar-refractivity contribution is 6.33. The molecule has 0 amide bonds. The highest BCUT2D eigenvalue weighted by Crippen LogP contribution is 2.34. The molecule has 0 bridgehead atoms. The summed E-state index contributed by atoms with van der Waals surface area (Å²) in [6, 6.07) is 5.74. The fourth-order valence-electron chi connectivity index (χ4n) is 2.75. The zero-order valence-electron chi connectivity index (χ0n) is 12.3. The van der Waals surface area contributed by atoms with Crippen LogP contribution >= 0.6 is 23.2 Å². The highest BCUT2D eigenvalue weighted by Gasteiger charge is 2.28. The molecule has 0 radical (unpaired) electrons. The SMILES string of the molecule is CC(CCO)CNC(c1cc(Cl)ccc1Cl)C1CCOC1. The van der Waals surface area contributed by atoms with E-state index >= 15 is 0 Å². The fourth-order valence-corrected chi connectivity index (χ4v) is 3.17. The molecule has 1 fully saturated rings. The van der Waals surface area contributed by atoms with E-state index in [9.17, 15) is 0 Å². The standard InChI is InChI=1S/C16H23Cl2NO2/c1-11(4-6-20)9-19-16(12-5-7-21-10-12)14-8-13(17)2-3-15(14)18/h2-3,8,11-12,16,19-20H,4-7,9-10H2,1H3. The first-order valence-corrected chi connectivity index (χ1v) is 8.24. The summed E-state index contributed by atoms with van der Waals surface area (Å²) in [5, 5.41) is 14.1. The molecule has 1 saturated heterocycles. The maximum Gasteiger partial charge on any atom is 0.0513 e. The molecule has 3 unspecified atom stereocenters. The van der Waals surface area contributed by atoms with Crippen molar-refractivity contribution in [3.63, 3.8) is 0 Å². The van der Waals surface area contributed by atoms with Gasteiger partial charge in [-0.2, -0.15) is 0 Å². The Balaban J connectivity index is 2.13. The lowest BCUT2D eigenvalue weighted by atomic mass is 9.91. The number of hydrogen-bond acceptors (Lipinski definition) is 3. The van der Waals surface area contributed by atoms with E-state index in [0.29, 0.717) is 16.9 Å². The first-order valence-electron chi connectivity index (χ1n) is 7.48. The van der Waals surface area contributed by atoms with Gasteiger partial charge in [-0.1, -0.05) is 30.1 Å². The van der Waals surface area contributed by atoms with E-state index in [0.717, 1.165) is 43.2 Å². The summed E-state index contributed by atoms with van der Waals surface area (Å²) in [5.74, 6) is 0.820. The van der Waals surface area contributed by atoms with Gasteiger partial charge in [-0.05, 0) is 49.1 Å². The molecule has 0 spiro atoms. The van der Waals surface area contributed by atoms with Crippen molar-refractivity contribution in [3.05, 3.63) is 33.8 Å². The van der Waals surface area contributed by atoms with Gasteiger partial charge in [0, 0.05) is 35.2 Å². The van der Waals surface area contributed by atoms with Gasteiger partial charge in [0.25, 0.3) is 0 Å². The predicted octanol–water partition coefficient (Wildman–Crippen LogP) is 3.68. The van der Waals surface area contributed by atoms with Gasteiger partial charge < -0.3 is 15.2 Å². The number of hydrogen-bond donors (Lipinski definition) is 2. The molecule has 5 heteroatoms. The van der Waals surface area contributed by atoms with Crippen LogP contribution in [0.15, 0.2) is 18.2 Å².